The van der Waals surface area contributed by atoms with Crippen molar-refractivity contribution < 1.29 is 22.7 Å². The summed E-state index contributed by atoms with van der Waals surface area (Å²) >= 11 is 0. The van der Waals surface area contributed by atoms with E-state index in [0.29, 0.717) is 24.6 Å². The molecule has 0 saturated heterocycles. The summed E-state index contributed by atoms with van der Waals surface area (Å²) in [6, 6.07) is 11.3. The van der Waals surface area contributed by atoms with Crippen LogP contribution in [0.25, 0.3) is 0 Å². The normalized spacial score (nSPS) is 12.0. The monoisotopic (exact) mass is 419 g/mol. The van der Waals surface area contributed by atoms with Gasteiger partial charge in [0, 0.05) is 17.8 Å². The Labute approximate surface area is 170 Å². The third-order valence-corrected chi connectivity index (χ3v) is 5.33. The minimum atomic E-state index is -3.81. The highest BCUT2D eigenvalue weighted by atomic mass is 32.2. The predicted octanol–water partition coefficient (Wildman–Crippen LogP) is 2.14. The van der Waals surface area contributed by atoms with Crippen LogP contribution in [-0.4, -0.2) is 39.4 Å². The van der Waals surface area contributed by atoms with Gasteiger partial charge in [-0.15, -0.1) is 0 Å². The number of carbonyl (C=O) groups excluding carboxylic acids is 2. The fourth-order valence-corrected chi connectivity index (χ4v) is 3.52. The first kappa shape index (κ1) is 22.2. The molecule has 0 aromatic heterocycles. The molecule has 2 aromatic rings. The molecule has 3 N–H and O–H groups in total. The Bertz CT molecular complexity index is 941. The van der Waals surface area contributed by atoms with Gasteiger partial charge in [-0.1, -0.05) is 0 Å². The summed E-state index contributed by atoms with van der Waals surface area (Å²) in [5.41, 5.74) is 0.646. The lowest BCUT2D eigenvalue weighted by Gasteiger charge is -2.13. The number of benzene rings is 2. The molecule has 0 aliphatic rings. The van der Waals surface area contributed by atoms with E-state index in [1.165, 1.54) is 24.3 Å². The second-order valence-electron chi connectivity index (χ2n) is 6.18. The van der Waals surface area contributed by atoms with Crippen LogP contribution in [0.4, 0.5) is 5.69 Å². The van der Waals surface area contributed by atoms with Gasteiger partial charge in [-0.25, -0.2) is 8.42 Å². The highest BCUT2D eigenvalue weighted by molar-refractivity contribution is 7.92. The molecule has 29 heavy (non-hydrogen) atoms. The van der Waals surface area contributed by atoms with Crippen molar-refractivity contribution in [3.63, 3.8) is 0 Å². The smallest absolute Gasteiger partial charge is 0.261 e. The summed E-state index contributed by atoms with van der Waals surface area (Å²) in [6.45, 7) is 6.20. The Kier molecular flexibility index (Phi) is 7.60. The molecule has 156 valence electrons. The fourth-order valence-electron chi connectivity index (χ4n) is 2.46. The maximum Gasteiger partial charge on any atom is 0.261 e. The molecule has 0 saturated carbocycles. The quantitative estimate of drug-likeness (QED) is 0.576. The number of sulfonamides is 1. The van der Waals surface area contributed by atoms with Crippen LogP contribution in [-0.2, 0) is 14.8 Å². The van der Waals surface area contributed by atoms with E-state index in [4.69, 9.17) is 4.74 Å². The number of carbonyl (C=O) groups is 2. The van der Waals surface area contributed by atoms with Crippen molar-refractivity contribution >= 4 is 27.5 Å². The Morgan fingerprint density at radius 3 is 2.17 bits per heavy atom. The molecule has 8 nitrogen and oxygen atoms in total. The molecular weight excluding hydrogens is 394 g/mol. The van der Waals surface area contributed by atoms with Crippen molar-refractivity contribution in [1.29, 1.82) is 0 Å². The molecule has 9 heteroatoms. The average molecular weight is 420 g/mol. The van der Waals surface area contributed by atoms with Crippen molar-refractivity contribution in [2.24, 2.45) is 0 Å². The summed E-state index contributed by atoms with van der Waals surface area (Å²) < 4.78 is 32.9. The molecule has 0 unspecified atom stereocenters. The second-order valence-corrected chi connectivity index (χ2v) is 7.86. The zero-order valence-electron chi connectivity index (χ0n) is 16.6. The highest BCUT2D eigenvalue weighted by Gasteiger charge is 2.18. The van der Waals surface area contributed by atoms with E-state index < -0.39 is 22.0 Å². The summed E-state index contributed by atoms with van der Waals surface area (Å²) in [7, 11) is -3.81. The maximum absolute atomic E-state index is 12.5. The zero-order valence-corrected chi connectivity index (χ0v) is 17.4. The van der Waals surface area contributed by atoms with Crippen molar-refractivity contribution in [3.05, 3.63) is 54.1 Å². The van der Waals surface area contributed by atoms with Crippen LogP contribution in [0.2, 0.25) is 0 Å². The van der Waals surface area contributed by atoms with E-state index in [9.17, 15) is 18.0 Å². The first-order valence-electron chi connectivity index (χ1n) is 9.21. The molecule has 0 fully saturated rings. The zero-order chi connectivity index (χ0) is 21.4. The van der Waals surface area contributed by atoms with E-state index in [1.807, 2.05) is 6.92 Å². The number of likely N-dealkylation sites (N-methyl/N-ethyl adjacent to an activating group) is 1. The van der Waals surface area contributed by atoms with Crippen molar-refractivity contribution in [2.75, 3.05) is 17.9 Å². The van der Waals surface area contributed by atoms with Crippen LogP contribution in [0.5, 0.6) is 5.75 Å². The molecule has 0 aliphatic heterocycles. The molecule has 2 amide bonds. The summed E-state index contributed by atoms with van der Waals surface area (Å²) in [4.78, 5) is 24.0. The molecule has 0 heterocycles. The SMILES string of the molecule is CCNC(=O)[C@H](C)NC(=O)c1ccc(S(=O)(=O)Nc2ccc(OCC)cc2)cc1. The third kappa shape index (κ3) is 6.21. The Morgan fingerprint density at radius 2 is 1.62 bits per heavy atom. The van der Waals surface area contributed by atoms with Gasteiger partial charge in [0.15, 0.2) is 0 Å². The van der Waals surface area contributed by atoms with Gasteiger partial charge in [-0.05, 0) is 69.3 Å². The Hall–Kier alpha value is -3.07. The Morgan fingerprint density at radius 1 is 1.00 bits per heavy atom. The molecule has 2 rings (SSSR count). The minimum Gasteiger partial charge on any atom is -0.494 e. The maximum atomic E-state index is 12.5. The number of ether oxygens (including phenoxy) is 1. The first-order valence-corrected chi connectivity index (χ1v) is 10.7. The van der Waals surface area contributed by atoms with Crippen LogP contribution in [0.3, 0.4) is 0 Å². The number of hydrogen-bond acceptors (Lipinski definition) is 5. The summed E-state index contributed by atoms with van der Waals surface area (Å²) in [5.74, 6) is -0.112. The van der Waals surface area contributed by atoms with Crippen LogP contribution in [0.15, 0.2) is 53.4 Å². The fraction of sp³-hybridized carbons (Fsp3) is 0.300. The standard InChI is InChI=1S/C20H25N3O5S/c1-4-21-19(24)14(3)22-20(25)15-6-12-18(13-7-15)29(26,27)23-16-8-10-17(11-9-16)28-5-2/h6-14,23H,4-5H2,1-3H3,(H,21,24)(H,22,25)/t14-/m0/s1. The topological polar surface area (TPSA) is 114 Å². The van der Waals surface area contributed by atoms with E-state index in [2.05, 4.69) is 15.4 Å². The van der Waals surface area contributed by atoms with E-state index in [0.717, 1.165) is 0 Å². The van der Waals surface area contributed by atoms with Crippen molar-refractivity contribution in [1.82, 2.24) is 10.6 Å². The van der Waals surface area contributed by atoms with Crippen molar-refractivity contribution in [2.45, 2.75) is 31.7 Å². The van der Waals surface area contributed by atoms with Gasteiger partial charge >= 0.3 is 0 Å². The van der Waals surface area contributed by atoms with Crippen LogP contribution < -0.4 is 20.1 Å². The number of anilines is 1. The molecule has 0 aliphatic carbocycles. The largest absolute Gasteiger partial charge is 0.494 e. The van der Waals surface area contributed by atoms with Gasteiger partial charge in [0.05, 0.1) is 11.5 Å². The lowest BCUT2D eigenvalue weighted by Crippen LogP contribution is -2.44. The second kappa shape index (κ2) is 9.92. The number of hydrogen-bond donors (Lipinski definition) is 3. The van der Waals surface area contributed by atoms with E-state index in [1.54, 1.807) is 38.1 Å². The summed E-state index contributed by atoms with van der Waals surface area (Å²) in [5, 5.41) is 5.18. The van der Waals surface area contributed by atoms with Crippen molar-refractivity contribution in [3.8, 4) is 5.75 Å². The molecule has 1 atom stereocenters. The van der Waals surface area contributed by atoms with E-state index in [-0.39, 0.29) is 16.4 Å². The van der Waals surface area contributed by atoms with E-state index >= 15 is 0 Å². The first-order chi connectivity index (χ1) is 13.8. The van der Waals surface area contributed by atoms with Gasteiger partial charge in [0.1, 0.15) is 11.8 Å². The Balaban J connectivity index is 2.05. The predicted molar refractivity (Wildman–Crippen MR) is 110 cm³/mol. The minimum absolute atomic E-state index is 0.0136. The molecule has 0 radical (unpaired) electrons. The molecule has 2 aromatic carbocycles. The molecule has 0 bridgehead atoms. The van der Waals surface area contributed by atoms with Crippen LogP contribution >= 0.6 is 0 Å². The van der Waals surface area contributed by atoms with Gasteiger partial charge in [0.2, 0.25) is 5.91 Å². The number of amides is 2. The third-order valence-electron chi connectivity index (χ3n) is 3.94. The van der Waals surface area contributed by atoms with Gasteiger partial charge < -0.3 is 15.4 Å². The molecule has 0 spiro atoms. The number of rotatable bonds is 9. The highest BCUT2D eigenvalue weighted by Crippen LogP contribution is 2.20. The van der Waals surface area contributed by atoms with Gasteiger partial charge in [-0.2, -0.15) is 0 Å². The average Bonchev–Trinajstić information content (AvgIpc) is 2.69. The molecular formula is C20H25N3O5S. The number of nitrogens with one attached hydrogen (secondary N) is 3. The lowest BCUT2D eigenvalue weighted by atomic mass is 10.2. The van der Waals surface area contributed by atoms with Crippen LogP contribution in [0, 0.1) is 0 Å². The summed E-state index contributed by atoms with van der Waals surface area (Å²) in [6.07, 6.45) is 0. The van der Waals surface area contributed by atoms with Gasteiger partial charge in [0.25, 0.3) is 15.9 Å². The van der Waals surface area contributed by atoms with Gasteiger partial charge in [-0.3, -0.25) is 14.3 Å². The van der Waals surface area contributed by atoms with Crippen LogP contribution in [0.1, 0.15) is 31.1 Å². The lowest BCUT2D eigenvalue weighted by molar-refractivity contribution is -0.122.